The van der Waals surface area contributed by atoms with Crippen LogP contribution in [0.25, 0.3) is 0 Å². The van der Waals surface area contributed by atoms with E-state index in [0.717, 1.165) is 0 Å². The molecule has 0 saturated carbocycles. The molecule has 0 spiro atoms. The second kappa shape index (κ2) is 3.21. The van der Waals surface area contributed by atoms with Crippen LogP contribution in [0.5, 0.6) is 0 Å². The number of epoxide rings is 1. The summed E-state index contributed by atoms with van der Waals surface area (Å²) in [5.74, 6) is 0. The predicted molar refractivity (Wildman–Crippen MR) is 38.5 cm³/mol. The Morgan fingerprint density at radius 3 is 2.44 bits per heavy atom. The van der Waals surface area contributed by atoms with Crippen LogP contribution in [-0.2, 0) is 4.74 Å². The maximum absolute atomic E-state index is 5.37. The van der Waals surface area contributed by atoms with Crippen LogP contribution in [0.2, 0.25) is 0 Å². The van der Waals surface area contributed by atoms with Crippen LogP contribution >= 0.6 is 0 Å². The topological polar surface area (TPSA) is 12.5 Å². The highest BCUT2D eigenvalue weighted by Gasteiger charge is 2.35. The molecule has 9 heavy (non-hydrogen) atoms. The van der Waals surface area contributed by atoms with Crippen molar-refractivity contribution in [3.05, 3.63) is 0 Å². The Balaban J connectivity index is 1.92. The normalized spacial score (nSPS) is 32.7. The zero-order valence-electron chi connectivity index (χ0n) is 6.39. The van der Waals surface area contributed by atoms with E-state index in [4.69, 9.17) is 4.74 Å². The Kier molecular flexibility index (Phi) is 2.52. The largest absolute Gasteiger partial charge is 0.370 e. The molecule has 54 valence electrons. The van der Waals surface area contributed by atoms with Crippen LogP contribution < -0.4 is 0 Å². The average Bonchev–Trinajstić information content (AvgIpc) is 2.62. The lowest BCUT2D eigenvalue weighted by atomic mass is 10.1. The van der Waals surface area contributed by atoms with E-state index in [9.17, 15) is 0 Å². The highest BCUT2D eigenvalue weighted by atomic mass is 16.6. The van der Waals surface area contributed by atoms with Crippen molar-refractivity contribution in [2.24, 2.45) is 0 Å². The second-order valence-corrected chi connectivity index (χ2v) is 2.76. The van der Waals surface area contributed by atoms with E-state index < -0.39 is 0 Å². The van der Waals surface area contributed by atoms with Crippen LogP contribution in [0.3, 0.4) is 0 Å². The minimum absolute atomic E-state index is 0.622. The summed E-state index contributed by atoms with van der Waals surface area (Å²) in [5, 5.41) is 0. The number of hydrogen-bond donors (Lipinski definition) is 0. The van der Waals surface area contributed by atoms with Gasteiger partial charge in [-0.3, -0.25) is 0 Å². The summed E-state index contributed by atoms with van der Waals surface area (Å²) in [6.07, 6.45) is 6.38. The first-order chi connectivity index (χ1) is 4.38. The Hall–Kier alpha value is -0.0400. The number of unbranched alkanes of at least 4 members (excludes halogenated alkanes) is 1. The van der Waals surface area contributed by atoms with Crippen molar-refractivity contribution in [1.29, 1.82) is 0 Å². The Labute approximate surface area is 57.4 Å². The van der Waals surface area contributed by atoms with E-state index in [-0.39, 0.29) is 0 Å². The van der Waals surface area contributed by atoms with Gasteiger partial charge < -0.3 is 4.74 Å². The van der Waals surface area contributed by atoms with E-state index in [1.165, 1.54) is 25.7 Å². The second-order valence-electron chi connectivity index (χ2n) is 2.76. The van der Waals surface area contributed by atoms with Crippen LogP contribution in [0.15, 0.2) is 0 Å². The first-order valence-corrected chi connectivity index (χ1v) is 4.04. The van der Waals surface area contributed by atoms with Crippen LogP contribution in [0.1, 0.15) is 39.5 Å². The molecule has 1 nitrogen and oxygen atoms in total. The number of hydrogen-bond acceptors (Lipinski definition) is 1. The van der Waals surface area contributed by atoms with Gasteiger partial charge in [0.2, 0.25) is 0 Å². The Bertz CT molecular complexity index is 80.6. The van der Waals surface area contributed by atoms with Crippen molar-refractivity contribution in [2.45, 2.75) is 51.7 Å². The minimum Gasteiger partial charge on any atom is -0.370 e. The van der Waals surface area contributed by atoms with Gasteiger partial charge in [-0.1, -0.05) is 26.7 Å². The van der Waals surface area contributed by atoms with Crippen molar-refractivity contribution < 1.29 is 4.74 Å². The van der Waals surface area contributed by atoms with E-state index in [1.54, 1.807) is 0 Å². The molecule has 0 aromatic heterocycles. The molecule has 0 bridgehead atoms. The fraction of sp³-hybridized carbons (Fsp3) is 1.00. The predicted octanol–water partition coefficient (Wildman–Crippen LogP) is 2.35. The lowest BCUT2D eigenvalue weighted by molar-refractivity contribution is 0.356. The van der Waals surface area contributed by atoms with Gasteiger partial charge in [-0.15, -0.1) is 0 Å². The SMILES string of the molecule is CCCC[C@@H]1O[C@H]1CC. The Morgan fingerprint density at radius 1 is 1.22 bits per heavy atom. The van der Waals surface area contributed by atoms with Crippen molar-refractivity contribution in [1.82, 2.24) is 0 Å². The molecule has 0 amide bonds. The van der Waals surface area contributed by atoms with Gasteiger partial charge in [0.25, 0.3) is 0 Å². The summed E-state index contributed by atoms with van der Waals surface area (Å²) < 4.78 is 5.37. The molecule has 0 N–H and O–H groups in total. The molecule has 1 aliphatic rings. The van der Waals surface area contributed by atoms with Crippen LogP contribution in [0.4, 0.5) is 0 Å². The van der Waals surface area contributed by atoms with Gasteiger partial charge in [-0.05, 0) is 12.8 Å². The number of ether oxygens (including phenoxy) is 1. The van der Waals surface area contributed by atoms with Gasteiger partial charge >= 0.3 is 0 Å². The summed E-state index contributed by atoms with van der Waals surface area (Å²) in [6.45, 7) is 4.42. The molecule has 1 saturated heterocycles. The molecular formula is C8H16O. The molecule has 1 heterocycles. The van der Waals surface area contributed by atoms with E-state index in [1.807, 2.05) is 0 Å². The molecule has 0 radical (unpaired) electrons. The molecule has 2 atom stereocenters. The van der Waals surface area contributed by atoms with Crippen LogP contribution in [0, 0.1) is 0 Å². The summed E-state index contributed by atoms with van der Waals surface area (Å²) >= 11 is 0. The third kappa shape index (κ3) is 1.98. The highest BCUT2D eigenvalue weighted by molar-refractivity contribution is 4.82. The third-order valence-electron chi connectivity index (χ3n) is 1.93. The molecule has 1 aliphatic heterocycles. The lowest BCUT2D eigenvalue weighted by Gasteiger charge is -1.88. The van der Waals surface area contributed by atoms with Gasteiger partial charge in [-0.25, -0.2) is 0 Å². The molecule has 0 aliphatic carbocycles. The molecule has 1 heteroatoms. The monoisotopic (exact) mass is 128 g/mol. The summed E-state index contributed by atoms with van der Waals surface area (Å²) in [6, 6.07) is 0. The smallest absolute Gasteiger partial charge is 0.0841 e. The van der Waals surface area contributed by atoms with Crippen molar-refractivity contribution in [3.8, 4) is 0 Å². The van der Waals surface area contributed by atoms with Gasteiger partial charge in [0.15, 0.2) is 0 Å². The highest BCUT2D eigenvalue weighted by Crippen LogP contribution is 2.29. The van der Waals surface area contributed by atoms with E-state index >= 15 is 0 Å². The first-order valence-electron chi connectivity index (χ1n) is 4.04. The van der Waals surface area contributed by atoms with E-state index in [2.05, 4.69) is 13.8 Å². The van der Waals surface area contributed by atoms with Gasteiger partial charge in [0, 0.05) is 0 Å². The fourth-order valence-electron chi connectivity index (χ4n) is 1.20. The maximum atomic E-state index is 5.37. The third-order valence-corrected chi connectivity index (χ3v) is 1.93. The fourth-order valence-corrected chi connectivity index (χ4v) is 1.20. The van der Waals surface area contributed by atoms with Gasteiger partial charge in [-0.2, -0.15) is 0 Å². The quantitative estimate of drug-likeness (QED) is 0.529. The summed E-state index contributed by atoms with van der Waals surface area (Å²) in [7, 11) is 0. The van der Waals surface area contributed by atoms with Gasteiger partial charge in [0.05, 0.1) is 12.2 Å². The lowest BCUT2D eigenvalue weighted by Crippen LogP contribution is -1.90. The summed E-state index contributed by atoms with van der Waals surface area (Å²) in [5.41, 5.74) is 0. The van der Waals surface area contributed by atoms with Crippen LogP contribution in [-0.4, -0.2) is 12.2 Å². The average molecular weight is 128 g/mol. The van der Waals surface area contributed by atoms with Crippen molar-refractivity contribution in [3.63, 3.8) is 0 Å². The first kappa shape index (κ1) is 7.07. The molecule has 0 unspecified atom stereocenters. The number of rotatable bonds is 4. The molecule has 0 aromatic carbocycles. The van der Waals surface area contributed by atoms with E-state index in [0.29, 0.717) is 12.2 Å². The zero-order valence-corrected chi connectivity index (χ0v) is 6.39. The van der Waals surface area contributed by atoms with Crippen molar-refractivity contribution in [2.75, 3.05) is 0 Å². The molecular weight excluding hydrogens is 112 g/mol. The van der Waals surface area contributed by atoms with Crippen molar-refractivity contribution >= 4 is 0 Å². The van der Waals surface area contributed by atoms with Gasteiger partial charge in [0.1, 0.15) is 0 Å². The standard InChI is InChI=1S/C8H16O/c1-3-5-6-8-7(4-2)9-8/h7-8H,3-6H2,1-2H3/t7-,8-/m0/s1. The Morgan fingerprint density at radius 2 is 2.00 bits per heavy atom. The summed E-state index contributed by atoms with van der Waals surface area (Å²) in [4.78, 5) is 0. The molecule has 1 rings (SSSR count). The maximum Gasteiger partial charge on any atom is 0.0841 e. The zero-order chi connectivity index (χ0) is 6.69. The molecule has 1 fully saturated rings. The minimum atomic E-state index is 0.622. The molecule has 0 aromatic rings.